The van der Waals surface area contributed by atoms with Crippen molar-refractivity contribution >= 4 is 44.6 Å². The van der Waals surface area contributed by atoms with E-state index in [0.717, 1.165) is 88.0 Å². The summed E-state index contributed by atoms with van der Waals surface area (Å²) in [6.07, 6.45) is 11.7. The van der Waals surface area contributed by atoms with Gasteiger partial charge >= 0.3 is 0 Å². The number of benzene rings is 1. The van der Waals surface area contributed by atoms with E-state index in [1.165, 1.54) is 12.8 Å². The van der Waals surface area contributed by atoms with Crippen LogP contribution in [-0.4, -0.2) is 74.6 Å². The summed E-state index contributed by atoms with van der Waals surface area (Å²) in [6, 6.07) is 6.42. The molecule has 4 aliphatic rings. The van der Waals surface area contributed by atoms with Gasteiger partial charge in [-0.2, -0.15) is 10.2 Å². The van der Waals surface area contributed by atoms with Crippen LogP contribution >= 0.6 is 0 Å². The van der Waals surface area contributed by atoms with Gasteiger partial charge in [-0.25, -0.2) is 9.19 Å². The Hall–Kier alpha value is -3.87. The van der Waals surface area contributed by atoms with E-state index >= 15 is 0 Å². The molecule has 0 radical (unpaired) electrons. The number of aryl methyl sites for hydroxylation is 1. The zero-order chi connectivity index (χ0) is 30.1. The van der Waals surface area contributed by atoms with Gasteiger partial charge in [0.1, 0.15) is 11.0 Å². The highest BCUT2D eigenvalue weighted by atomic mass is 32.2. The van der Waals surface area contributed by atoms with E-state index in [0.29, 0.717) is 5.92 Å². The molecule has 9 rings (SSSR count). The van der Waals surface area contributed by atoms with Gasteiger partial charge in [0.2, 0.25) is 5.91 Å². The molecular weight excluding hydrogens is 576 g/mol. The molecule has 5 aromatic rings. The van der Waals surface area contributed by atoms with E-state index in [1.54, 1.807) is 11.8 Å². The van der Waals surface area contributed by atoms with Gasteiger partial charge in [0.25, 0.3) is 0 Å². The SMILES string of the molecule is CC(N1CC2(C1)CC1(C2)C(=O)N(C)c2cnc3[nH]c(-c4cnn(CC5CC5)c4)c(-c4ccc5c(cnn5C)c4)c3c21)S(=O)O. The van der Waals surface area contributed by atoms with Crippen LogP contribution in [-0.2, 0) is 34.9 Å². The van der Waals surface area contributed by atoms with E-state index < -0.39 is 21.9 Å². The lowest BCUT2D eigenvalue weighted by Crippen LogP contribution is -2.70. The maximum Gasteiger partial charge on any atom is 0.237 e. The Morgan fingerprint density at radius 3 is 2.66 bits per heavy atom. The van der Waals surface area contributed by atoms with Crippen LogP contribution in [0.5, 0.6) is 0 Å². The number of likely N-dealkylation sites (N-methyl/N-ethyl adjacent to an activating group) is 1. The third-order valence-corrected chi connectivity index (χ3v) is 11.6. The number of amides is 1. The average molecular weight is 611 g/mol. The van der Waals surface area contributed by atoms with E-state index in [-0.39, 0.29) is 11.3 Å². The van der Waals surface area contributed by atoms with E-state index in [2.05, 4.69) is 39.4 Å². The summed E-state index contributed by atoms with van der Waals surface area (Å²) < 4.78 is 25.3. The molecule has 44 heavy (non-hydrogen) atoms. The molecule has 2 spiro atoms. The minimum Gasteiger partial charge on any atom is -0.339 e. The van der Waals surface area contributed by atoms with Gasteiger partial charge in [-0.1, -0.05) is 6.07 Å². The first-order chi connectivity index (χ1) is 21.2. The predicted octanol–water partition coefficient (Wildman–Crippen LogP) is 4.27. The molecule has 226 valence electrons. The van der Waals surface area contributed by atoms with Crippen LogP contribution in [0.15, 0.2) is 43.0 Å². The lowest BCUT2D eigenvalue weighted by molar-refractivity contribution is -0.147. The van der Waals surface area contributed by atoms with Crippen LogP contribution in [0, 0.1) is 11.3 Å². The van der Waals surface area contributed by atoms with Crippen molar-refractivity contribution in [1.82, 2.24) is 34.4 Å². The number of hydrogen-bond acceptors (Lipinski definition) is 6. The summed E-state index contributed by atoms with van der Waals surface area (Å²) in [7, 11) is 3.80. The second-order valence-electron chi connectivity index (χ2n) is 13.6. The van der Waals surface area contributed by atoms with Crippen molar-refractivity contribution in [3.63, 3.8) is 0 Å². The van der Waals surface area contributed by atoms with Gasteiger partial charge < -0.3 is 14.4 Å². The maximum absolute atomic E-state index is 14.1. The highest BCUT2D eigenvalue weighted by Crippen LogP contribution is 2.66. The molecule has 2 N–H and O–H groups in total. The molecule has 11 nitrogen and oxygen atoms in total. The standard InChI is InChI=1S/C32H34N8O3S/c1-18(44(42)43)39-16-31(17-39)14-32(15-31)27-24(37(2)30(32)41)11-33-29-26(27)25(20-6-7-23-21(8-20)9-34-38(23)3)28(36-29)22-10-35-40(13-22)12-19-4-5-19/h6-11,13,18-19H,4-5,12,14-17H2,1-3H3,(H,33,36)(H,42,43). The fourth-order valence-corrected chi connectivity index (χ4v) is 8.79. The van der Waals surface area contributed by atoms with Crippen molar-refractivity contribution in [2.24, 2.45) is 18.4 Å². The average Bonchev–Trinajstić information content (AvgIpc) is 3.27. The lowest BCUT2D eigenvalue weighted by atomic mass is 9.47. The number of rotatable bonds is 6. The summed E-state index contributed by atoms with van der Waals surface area (Å²) >= 11 is -1.90. The number of aromatic nitrogens is 6. The highest BCUT2D eigenvalue weighted by Gasteiger charge is 2.68. The second kappa shape index (κ2) is 8.86. The monoisotopic (exact) mass is 610 g/mol. The number of fused-ring (bicyclic) bond motifs is 5. The maximum atomic E-state index is 14.1. The fourth-order valence-electron chi connectivity index (χ4n) is 8.38. The Kier molecular flexibility index (Phi) is 5.34. The zero-order valence-corrected chi connectivity index (χ0v) is 25.8. The summed E-state index contributed by atoms with van der Waals surface area (Å²) in [4.78, 5) is 26.5. The molecule has 4 aromatic heterocycles. The quantitative estimate of drug-likeness (QED) is 0.275. The Labute approximate surface area is 256 Å². The van der Waals surface area contributed by atoms with Gasteiger partial charge in [0.05, 0.1) is 40.9 Å². The van der Waals surface area contributed by atoms with Crippen LogP contribution in [0.2, 0.25) is 0 Å². The van der Waals surface area contributed by atoms with Crippen LogP contribution < -0.4 is 4.90 Å². The zero-order valence-electron chi connectivity index (χ0n) is 24.9. The summed E-state index contributed by atoms with van der Waals surface area (Å²) in [5.74, 6) is 0.816. The minimum absolute atomic E-state index is 0.0286. The summed E-state index contributed by atoms with van der Waals surface area (Å²) in [5.41, 5.74) is 7.06. The van der Waals surface area contributed by atoms with E-state index in [1.807, 2.05) is 42.0 Å². The highest BCUT2D eigenvalue weighted by molar-refractivity contribution is 7.79. The van der Waals surface area contributed by atoms with Crippen molar-refractivity contribution in [2.45, 2.75) is 49.9 Å². The number of aromatic amines is 1. The van der Waals surface area contributed by atoms with Crippen molar-refractivity contribution in [2.75, 3.05) is 25.0 Å². The van der Waals surface area contributed by atoms with Crippen LogP contribution in [0.3, 0.4) is 0 Å². The number of nitrogens with zero attached hydrogens (tertiary/aromatic N) is 7. The fraction of sp³-hybridized carbons (Fsp3) is 0.438. The topological polar surface area (TPSA) is 125 Å². The molecule has 6 heterocycles. The van der Waals surface area contributed by atoms with Crippen molar-refractivity contribution in [1.29, 1.82) is 0 Å². The molecule has 2 unspecified atom stereocenters. The Morgan fingerprint density at radius 1 is 1.11 bits per heavy atom. The molecule has 0 bridgehead atoms. The molecule has 3 fully saturated rings. The number of nitrogens with one attached hydrogen (secondary N) is 1. The predicted molar refractivity (Wildman–Crippen MR) is 168 cm³/mol. The first-order valence-corrected chi connectivity index (χ1v) is 16.5. The molecule has 1 amide bonds. The van der Waals surface area contributed by atoms with E-state index in [9.17, 15) is 13.6 Å². The van der Waals surface area contributed by atoms with Gasteiger partial charge in [-0.15, -0.1) is 0 Å². The van der Waals surface area contributed by atoms with Gasteiger partial charge in [-0.05, 0) is 61.6 Å². The third kappa shape index (κ3) is 3.58. The van der Waals surface area contributed by atoms with Crippen molar-refractivity contribution < 1.29 is 13.6 Å². The van der Waals surface area contributed by atoms with Crippen LogP contribution in [0.25, 0.3) is 44.3 Å². The minimum atomic E-state index is -1.90. The van der Waals surface area contributed by atoms with Crippen LogP contribution in [0.4, 0.5) is 5.69 Å². The first-order valence-electron chi connectivity index (χ1n) is 15.3. The molecule has 1 saturated heterocycles. The third-order valence-electron chi connectivity index (χ3n) is 10.7. The normalized spacial score (nSPS) is 21.7. The first kappa shape index (κ1) is 26.5. The Morgan fingerprint density at radius 2 is 1.91 bits per heavy atom. The number of H-pyrrole nitrogens is 1. The van der Waals surface area contributed by atoms with Crippen molar-refractivity contribution in [3.05, 3.63) is 48.5 Å². The largest absolute Gasteiger partial charge is 0.339 e. The van der Waals surface area contributed by atoms with Crippen LogP contribution in [0.1, 0.15) is 38.2 Å². The second-order valence-corrected chi connectivity index (χ2v) is 14.9. The number of anilines is 1. The number of carbonyl (C=O) groups is 1. The Balaban J connectivity index is 1.22. The Bertz CT molecular complexity index is 2040. The molecule has 12 heteroatoms. The molecule has 2 saturated carbocycles. The summed E-state index contributed by atoms with van der Waals surface area (Å²) in [5, 5.41) is 10.8. The molecular formula is C32H34N8O3S. The number of likely N-dealkylation sites (tertiary alicyclic amines) is 1. The van der Waals surface area contributed by atoms with Gasteiger partial charge in [0, 0.05) is 67.4 Å². The molecule has 2 aliphatic carbocycles. The van der Waals surface area contributed by atoms with Gasteiger partial charge in [0.15, 0.2) is 11.1 Å². The molecule has 1 aromatic carbocycles. The van der Waals surface area contributed by atoms with Gasteiger partial charge in [-0.3, -0.25) is 19.1 Å². The number of pyridine rings is 1. The summed E-state index contributed by atoms with van der Waals surface area (Å²) in [6.45, 7) is 4.17. The van der Waals surface area contributed by atoms with Crippen molar-refractivity contribution in [3.8, 4) is 22.4 Å². The van der Waals surface area contributed by atoms with E-state index in [4.69, 9.17) is 10.1 Å². The molecule has 2 atom stereocenters. The number of hydrogen-bond donors (Lipinski definition) is 2. The lowest BCUT2D eigenvalue weighted by Gasteiger charge is -2.63. The number of carbonyl (C=O) groups excluding carboxylic acids is 1. The smallest absolute Gasteiger partial charge is 0.237 e. The molecule has 2 aliphatic heterocycles.